The molecule has 2 amide bonds. The van der Waals surface area contributed by atoms with Crippen molar-refractivity contribution in [2.45, 2.75) is 18.9 Å². The number of hydrogen-bond donors (Lipinski definition) is 2. The van der Waals surface area contributed by atoms with Crippen LogP contribution in [-0.4, -0.2) is 70.9 Å². The smallest absolute Gasteiger partial charge is 0.339 e. The van der Waals surface area contributed by atoms with E-state index in [-0.39, 0.29) is 22.9 Å². The summed E-state index contributed by atoms with van der Waals surface area (Å²) in [5.74, 6) is -1.28. The van der Waals surface area contributed by atoms with Gasteiger partial charge in [-0.2, -0.15) is 0 Å². The minimum Gasteiger partial charge on any atom is -0.465 e. The molecule has 0 radical (unpaired) electrons. The summed E-state index contributed by atoms with van der Waals surface area (Å²) in [6, 6.07) is 3.41. The zero-order chi connectivity index (χ0) is 20.9. The number of anilines is 1. The maximum Gasteiger partial charge on any atom is 0.339 e. The number of likely N-dealkylation sites (tertiary alicyclic amines) is 1. The van der Waals surface area contributed by atoms with Crippen molar-refractivity contribution >= 4 is 33.7 Å². The lowest BCUT2D eigenvalue weighted by molar-refractivity contribution is 0.0587. The van der Waals surface area contributed by atoms with Crippen molar-refractivity contribution in [3.05, 3.63) is 29.3 Å². The molecule has 1 aliphatic rings. The van der Waals surface area contributed by atoms with E-state index in [1.807, 2.05) is 0 Å². The molecule has 0 spiro atoms. The summed E-state index contributed by atoms with van der Waals surface area (Å²) >= 11 is 0. The van der Waals surface area contributed by atoms with Crippen LogP contribution in [0.5, 0.6) is 0 Å². The van der Waals surface area contributed by atoms with E-state index in [1.165, 1.54) is 37.3 Å². The van der Waals surface area contributed by atoms with Gasteiger partial charge in [-0.25, -0.2) is 27.5 Å². The van der Waals surface area contributed by atoms with Crippen LogP contribution in [0.25, 0.3) is 0 Å². The third-order valence-corrected chi connectivity index (χ3v) is 5.01. The maximum absolute atomic E-state index is 12.6. The highest BCUT2D eigenvalue weighted by Gasteiger charge is 2.26. The summed E-state index contributed by atoms with van der Waals surface area (Å²) in [7, 11) is -0.872. The average molecular weight is 413 g/mol. The number of rotatable bonds is 5. The fraction of sp³-hybridized carbons (Fsp3) is 0.471. The standard InChI is InChI=1S/C17H23N3O7S/c1-26-15(21)11-4-5-13(16(22)27-2)14(10-11)18-17(23)20-8-6-12(7-9-20)19-28(3,24)25/h4-5,10,12,19H,6-9H2,1-3H3,(H,18,23). The topological polar surface area (TPSA) is 131 Å². The summed E-state index contributed by atoms with van der Waals surface area (Å²) in [5.41, 5.74) is 0.384. The Labute approximate surface area is 163 Å². The number of nitrogens with one attached hydrogen (secondary N) is 2. The van der Waals surface area contributed by atoms with Crippen LogP contribution >= 0.6 is 0 Å². The number of urea groups is 1. The fourth-order valence-electron chi connectivity index (χ4n) is 2.88. The highest BCUT2D eigenvalue weighted by Crippen LogP contribution is 2.21. The van der Waals surface area contributed by atoms with Crippen molar-refractivity contribution in [1.82, 2.24) is 9.62 Å². The molecule has 1 fully saturated rings. The van der Waals surface area contributed by atoms with Gasteiger partial charge in [0.15, 0.2) is 0 Å². The summed E-state index contributed by atoms with van der Waals surface area (Å²) in [6.07, 6.45) is 2.02. The number of piperidine rings is 1. The SMILES string of the molecule is COC(=O)c1ccc(C(=O)OC)c(NC(=O)N2CCC(NS(C)(=O)=O)CC2)c1. The van der Waals surface area contributed by atoms with Gasteiger partial charge in [0.05, 0.1) is 37.3 Å². The van der Waals surface area contributed by atoms with Crippen LogP contribution in [0.15, 0.2) is 18.2 Å². The molecule has 1 aromatic carbocycles. The molecule has 2 rings (SSSR count). The number of esters is 2. The van der Waals surface area contributed by atoms with E-state index in [1.54, 1.807) is 0 Å². The van der Waals surface area contributed by atoms with Gasteiger partial charge >= 0.3 is 18.0 Å². The lowest BCUT2D eigenvalue weighted by atomic mass is 10.1. The van der Waals surface area contributed by atoms with Crippen LogP contribution in [0, 0.1) is 0 Å². The number of sulfonamides is 1. The zero-order valence-corrected chi connectivity index (χ0v) is 16.7. The second-order valence-electron chi connectivity index (χ2n) is 6.33. The van der Waals surface area contributed by atoms with Crippen molar-refractivity contribution in [1.29, 1.82) is 0 Å². The Morgan fingerprint density at radius 2 is 1.68 bits per heavy atom. The van der Waals surface area contributed by atoms with E-state index in [2.05, 4.69) is 14.8 Å². The van der Waals surface area contributed by atoms with E-state index in [0.29, 0.717) is 25.9 Å². The monoisotopic (exact) mass is 413 g/mol. The number of ether oxygens (including phenoxy) is 2. The number of carbonyl (C=O) groups excluding carboxylic acids is 3. The quantitative estimate of drug-likeness (QED) is 0.683. The first-order valence-corrected chi connectivity index (χ1v) is 10.4. The Balaban J connectivity index is 2.12. The Hall–Kier alpha value is -2.66. The lowest BCUT2D eigenvalue weighted by Gasteiger charge is -2.32. The zero-order valence-electron chi connectivity index (χ0n) is 15.9. The maximum atomic E-state index is 12.6. The van der Waals surface area contributed by atoms with Crippen molar-refractivity contribution in [3.63, 3.8) is 0 Å². The second kappa shape index (κ2) is 9.02. The predicted octanol–water partition coefficient (Wildman–Crippen LogP) is 0.805. The van der Waals surface area contributed by atoms with Gasteiger partial charge < -0.3 is 19.7 Å². The van der Waals surface area contributed by atoms with Crippen molar-refractivity contribution < 1.29 is 32.3 Å². The summed E-state index contributed by atoms with van der Waals surface area (Å²) < 4.78 is 34.5. The van der Waals surface area contributed by atoms with Gasteiger partial charge in [0.1, 0.15) is 0 Å². The fourth-order valence-corrected chi connectivity index (χ4v) is 3.72. The first-order chi connectivity index (χ1) is 13.1. The molecule has 0 bridgehead atoms. The molecule has 28 heavy (non-hydrogen) atoms. The largest absolute Gasteiger partial charge is 0.465 e. The molecule has 0 aliphatic carbocycles. The number of nitrogens with zero attached hydrogens (tertiary/aromatic N) is 1. The van der Waals surface area contributed by atoms with Gasteiger partial charge in [0.25, 0.3) is 0 Å². The van der Waals surface area contributed by atoms with Crippen LogP contribution in [0.1, 0.15) is 33.6 Å². The molecule has 0 saturated carbocycles. The number of hydrogen-bond acceptors (Lipinski definition) is 7. The molecule has 10 nitrogen and oxygen atoms in total. The first kappa shape index (κ1) is 21.6. The Morgan fingerprint density at radius 3 is 2.21 bits per heavy atom. The van der Waals surface area contributed by atoms with Gasteiger partial charge in [0, 0.05) is 19.1 Å². The van der Waals surface area contributed by atoms with Crippen molar-refractivity contribution in [2.75, 3.05) is 38.9 Å². The van der Waals surface area contributed by atoms with E-state index in [9.17, 15) is 22.8 Å². The number of methoxy groups -OCH3 is 2. The molecule has 0 aromatic heterocycles. The van der Waals surface area contributed by atoms with Crippen molar-refractivity contribution in [3.8, 4) is 0 Å². The van der Waals surface area contributed by atoms with Crippen LogP contribution in [-0.2, 0) is 19.5 Å². The molecule has 2 N–H and O–H groups in total. The van der Waals surface area contributed by atoms with Crippen molar-refractivity contribution in [2.24, 2.45) is 0 Å². The van der Waals surface area contributed by atoms with Gasteiger partial charge in [0.2, 0.25) is 10.0 Å². The highest BCUT2D eigenvalue weighted by molar-refractivity contribution is 7.88. The molecule has 0 unspecified atom stereocenters. The van der Waals surface area contributed by atoms with Crippen LogP contribution in [0.3, 0.4) is 0 Å². The van der Waals surface area contributed by atoms with E-state index in [0.717, 1.165) is 6.26 Å². The third kappa shape index (κ3) is 5.67. The normalized spacial score (nSPS) is 15.0. The average Bonchev–Trinajstić information content (AvgIpc) is 2.66. The highest BCUT2D eigenvalue weighted by atomic mass is 32.2. The molecule has 1 aromatic rings. The molecule has 154 valence electrons. The molecule has 11 heteroatoms. The van der Waals surface area contributed by atoms with E-state index >= 15 is 0 Å². The summed E-state index contributed by atoms with van der Waals surface area (Å²) in [4.78, 5) is 37.8. The lowest BCUT2D eigenvalue weighted by Crippen LogP contribution is -2.47. The van der Waals surface area contributed by atoms with Gasteiger partial charge in [-0.1, -0.05) is 0 Å². The van der Waals surface area contributed by atoms with Gasteiger partial charge in [-0.05, 0) is 31.0 Å². The number of benzene rings is 1. The second-order valence-corrected chi connectivity index (χ2v) is 8.11. The van der Waals surface area contributed by atoms with E-state index in [4.69, 9.17) is 4.74 Å². The Bertz CT molecular complexity index is 862. The predicted molar refractivity (Wildman–Crippen MR) is 101 cm³/mol. The molecule has 1 heterocycles. The number of amides is 2. The molecule has 0 atom stereocenters. The minimum atomic E-state index is -3.31. The van der Waals surface area contributed by atoms with E-state index < -0.39 is 28.0 Å². The Morgan fingerprint density at radius 1 is 1.07 bits per heavy atom. The number of carbonyl (C=O) groups is 3. The Kier molecular flexibility index (Phi) is 6.97. The first-order valence-electron chi connectivity index (χ1n) is 8.48. The summed E-state index contributed by atoms with van der Waals surface area (Å²) in [6.45, 7) is 0.673. The van der Waals surface area contributed by atoms with Crippen LogP contribution in [0.4, 0.5) is 10.5 Å². The minimum absolute atomic E-state index is 0.0946. The van der Waals surface area contributed by atoms with Crippen LogP contribution in [0.2, 0.25) is 0 Å². The van der Waals surface area contributed by atoms with Crippen LogP contribution < -0.4 is 10.0 Å². The van der Waals surface area contributed by atoms with Gasteiger partial charge in [-0.15, -0.1) is 0 Å². The molecule has 1 saturated heterocycles. The molecular weight excluding hydrogens is 390 g/mol. The third-order valence-electron chi connectivity index (χ3n) is 4.25. The molecular formula is C17H23N3O7S. The summed E-state index contributed by atoms with van der Waals surface area (Å²) in [5, 5.41) is 2.62. The molecule has 1 aliphatic heterocycles. The van der Waals surface area contributed by atoms with Gasteiger partial charge in [-0.3, -0.25) is 0 Å².